The molecule has 6 heteroatoms. The van der Waals surface area contributed by atoms with Gasteiger partial charge in [0.05, 0.1) is 29.2 Å². The summed E-state index contributed by atoms with van der Waals surface area (Å²) in [7, 11) is 0. The topological polar surface area (TPSA) is 103 Å². The van der Waals surface area contributed by atoms with Crippen molar-refractivity contribution >= 4 is 11.5 Å². The van der Waals surface area contributed by atoms with E-state index in [-0.39, 0.29) is 11.4 Å². The Morgan fingerprint density at radius 3 is 2.83 bits per heavy atom. The molecule has 1 saturated carbocycles. The summed E-state index contributed by atoms with van der Waals surface area (Å²) in [6, 6.07) is 6.37. The SMILES string of the molecule is CC1(C)Oc2ccc(C#N)cc2[C@@H](N=C2CCC(=O)C2=CO)[C@@H]1O. The van der Waals surface area contributed by atoms with Crippen LogP contribution in [-0.4, -0.2) is 33.4 Å². The lowest BCUT2D eigenvalue weighted by molar-refractivity contribution is -0.114. The lowest BCUT2D eigenvalue weighted by atomic mass is 9.86. The maximum absolute atomic E-state index is 11.8. The van der Waals surface area contributed by atoms with Gasteiger partial charge >= 0.3 is 0 Å². The number of hydrogen-bond acceptors (Lipinski definition) is 6. The molecule has 3 rings (SSSR count). The van der Waals surface area contributed by atoms with Crippen LogP contribution in [0.1, 0.15) is 43.9 Å². The molecule has 1 heterocycles. The van der Waals surface area contributed by atoms with Gasteiger partial charge in [0.1, 0.15) is 23.5 Å². The van der Waals surface area contributed by atoms with Crippen LogP contribution >= 0.6 is 0 Å². The van der Waals surface area contributed by atoms with E-state index in [0.717, 1.165) is 6.26 Å². The Morgan fingerprint density at radius 1 is 1.42 bits per heavy atom. The van der Waals surface area contributed by atoms with Gasteiger partial charge in [0.25, 0.3) is 0 Å². The molecule has 2 aliphatic rings. The van der Waals surface area contributed by atoms with E-state index in [1.807, 2.05) is 0 Å². The van der Waals surface area contributed by atoms with Gasteiger partial charge in [0, 0.05) is 12.0 Å². The number of aliphatic hydroxyl groups excluding tert-OH is 2. The third kappa shape index (κ3) is 2.57. The summed E-state index contributed by atoms with van der Waals surface area (Å²) in [5, 5.41) is 29.1. The molecule has 0 spiro atoms. The number of aliphatic imine (C=N–C) groups is 1. The zero-order valence-corrected chi connectivity index (χ0v) is 13.5. The van der Waals surface area contributed by atoms with Crippen LogP contribution in [0.4, 0.5) is 0 Å². The number of allylic oxidation sites excluding steroid dienone is 1. The zero-order valence-electron chi connectivity index (χ0n) is 13.5. The van der Waals surface area contributed by atoms with Crippen LogP contribution in [0.5, 0.6) is 5.75 Å². The molecule has 1 aromatic rings. The number of nitriles is 1. The molecular formula is C18H18N2O4. The van der Waals surface area contributed by atoms with Gasteiger partial charge in [-0.2, -0.15) is 5.26 Å². The first-order chi connectivity index (χ1) is 11.4. The number of rotatable bonds is 1. The van der Waals surface area contributed by atoms with E-state index in [1.54, 1.807) is 32.0 Å². The van der Waals surface area contributed by atoms with Crippen molar-refractivity contribution in [3.63, 3.8) is 0 Å². The maximum atomic E-state index is 11.8. The zero-order chi connectivity index (χ0) is 17.5. The Kier molecular flexibility index (Phi) is 3.90. The number of hydrogen-bond donors (Lipinski definition) is 2. The van der Waals surface area contributed by atoms with E-state index in [4.69, 9.17) is 10.00 Å². The molecule has 0 amide bonds. The highest BCUT2D eigenvalue weighted by molar-refractivity contribution is 6.27. The predicted molar refractivity (Wildman–Crippen MR) is 87.0 cm³/mol. The number of aliphatic hydroxyl groups is 2. The van der Waals surface area contributed by atoms with Crippen LogP contribution < -0.4 is 4.74 Å². The van der Waals surface area contributed by atoms with Crippen molar-refractivity contribution < 1.29 is 19.7 Å². The van der Waals surface area contributed by atoms with Crippen LogP contribution in [0.2, 0.25) is 0 Å². The number of Topliss-reactive ketones (excluding diaryl/α,β-unsaturated/α-hetero) is 1. The van der Waals surface area contributed by atoms with E-state index in [2.05, 4.69) is 11.1 Å². The molecule has 1 aliphatic carbocycles. The lowest BCUT2D eigenvalue weighted by Gasteiger charge is -2.40. The van der Waals surface area contributed by atoms with Gasteiger partial charge in [-0.3, -0.25) is 9.79 Å². The standard InChI is InChI=1S/C18H18N2O4/c1-18(2)17(23)16(20-13-4-5-14(22)12(13)9-21)11-7-10(8-19)3-6-15(11)24-18/h3,6-7,9,16-17,21,23H,4-5H2,1-2H3/t16-,17+/m1/s1. The number of benzene rings is 1. The molecule has 0 unspecified atom stereocenters. The third-order valence-corrected chi connectivity index (χ3v) is 4.47. The van der Waals surface area contributed by atoms with Gasteiger partial charge in [-0.05, 0) is 38.5 Å². The minimum absolute atomic E-state index is 0.164. The van der Waals surface area contributed by atoms with Crippen molar-refractivity contribution in [3.8, 4) is 11.8 Å². The molecule has 2 N–H and O–H groups in total. The Hall–Kier alpha value is -2.65. The van der Waals surface area contributed by atoms with Crippen molar-refractivity contribution in [2.24, 2.45) is 4.99 Å². The molecule has 1 aromatic carbocycles. The Morgan fingerprint density at radius 2 is 2.17 bits per heavy atom. The second kappa shape index (κ2) is 5.77. The molecule has 6 nitrogen and oxygen atoms in total. The Balaban J connectivity index is 2.13. The normalized spacial score (nSPS) is 28.5. The van der Waals surface area contributed by atoms with Gasteiger partial charge in [-0.1, -0.05) is 0 Å². The van der Waals surface area contributed by atoms with Crippen molar-refractivity contribution in [1.82, 2.24) is 0 Å². The molecule has 124 valence electrons. The summed E-state index contributed by atoms with van der Waals surface area (Å²) in [5.41, 5.74) is 0.823. The van der Waals surface area contributed by atoms with E-state index in [0.29, 0.717) is 35.4 Å². The van der Waals surface area contributed by atoms with Crippen LogP contribution in [0.15, 0.2) is 35.0 Å². The van der Waals surface area contributed by atoms with Gasteiger partial charge in [0.15, 0.2) is 5.78 Å². The van der Waals surface area contributed by atoms with E-state index >= 15 is 0 Å². The largest absolute Gasteiger partial charge is 0.515 e. The van der Waals surface area contributed by atoms with Crippen LogP contribution in [0.25, 0.3) is 0 Å². The van der Waals surface area contributed by atoms with Gasteiger partial charge in [-0.15, -0.1) is 0 Å². The number of ketones is 1. The second-order valence-corrected chi connectivity index (χ2v) is 6.50. The summed E-state index contributed by atoms with van der Waals surface area (Å²) in [6.45, 7) is 3.52. The highest BCUT2D eigenvalue weighted by Crippen LogP contribution is 2.43. The fraction of sp³-hybridized carbons (Fsp3) is 0.389. The summed E-state index contributed by atoms with van der Waals surface area (Å²) in [4.78, 5) is 16.3. The summed E-state index contributed by atoms with van der Waals surface area (Å²) >= 11 is 0. The molecule has 2 atom stereocenters. The Bertz CT molecular complexity index is 802. The Labute approximate surface area is 139 Å². The monoisotopic (exact) mass is 326 g/mol. The van der Waals surface area contributed by atoms with Crippen LogP contribution in [0.3, 0.4) is 0 Å². The van der Waals surface area contributed by atoms with Crippen molar-refractivity contribution in [2.75, 3.05) is 0 Å². The smallest absolute Gasteiger partial charge is 0.168 e. The average Bonchev–Trinajstić information content (AvgIpc) is 2.91. The molecule has 1 fully saturated rings. The highest BCUT2D eigenvalue weighted by atomic mass is 16.5. The van der Waals surface area contributed by atoms with Gasteiger partial charge in [-0.25, -0.2) is 0 Å². The molecule has 1 aliphatic heterocycles. The second-order valence-electron chi connectivity index (χ2n) is 6.50. The summed E-state index contributed by atoms with van der Waals surface area (Å²) in [5.74, 6) is 0.389. The molecular weight excluding hydrogens is 308 g/mol. The first-order valence-electron chi connectivity index (χ1n) is 7.73. The summed E-state index contributed by atoms with van der Waals surface area (Å²) in [6.07, 6.45) is 0.529. The average molecular weight is 326 g/mol. The number of carbonyl (C=O) groups is 1. The first kappa shape index (κ1) is 16.2. The molecule has 0 bridgehead atoms. The fourth-order valence-corrected chi connectivity index (χ4v) is 3.09. The number of fused-ring (bicyclic) bond motifs is 1. The van der Waals surface area contributed by atoms with Gasteiger partial charge in [0.2, 0.25) is 0 Å². The molecule has 0 saturated heterocycles. The number of carbonyl (C=O) groups excluding carboxylic acids is 1. The van der Waals surface area contributed by atoms with E-state index in [9.17, 15) is 15.0 Å². The fourth-order valence-electron chi connectivity index (χ4n) is 3.09. The van der Waals surface area contributed by atoms with Crippen LogP contribution in [0, 0.1) is 11.3 Å². The third-order valence-electron chi connectivity index (χ3n) is 4.47. The van der Waals surface area contributed by atoms with Crippen molar-refractivity contribution in [2.45, 2.75) is 44.4 Å². The van der Waals surface area contributed by atoms with E-state index < -0.39 is 17.7 Å². The molecule has 24 heavy (non-hydrogen) atoms. The predicted octanol–water partition coefficient (Wildman–Crippen LogP) is 2.38. The lowest BCUT2D eigenvalue weighted by Crippen LogP contribution is -2.48. The number of ether oxygens (including phenoxy) is 1. The minimum atomic E-state index is -0.956. The van der Waals surface area contributed by atoms with Crippen LogP contribution in [-0.2, 0) is 4.79 Å². The minimum Gasteiger partial charge on any atom is -0.515 e. The van der Waals surface area contributed by atoms with Gasteiger partial charge < -0.3 is 14.9 Å². The maximum Gasteiger partial charge on any atom is 0.168 e. The first-order valence-corrected chi connectivity index (χ1v) is 7.73. The molecule has 0 aromatic heterocycles. The summed E-state index contributed by atoms with van der Waals surface area (Å²) < 4.78 is 5.84. The quantitative estimate of drug-likeness (QED) is 0.609. The highest BCUT2D eigenvalue weighted by Gasteiger charge is 2.43. The van der Waals surface area contributed by atoms with Crippen molar-refractivity contribution in [3.05, 3.63) is 41.2 Å². The van der Waals surface area contributed by atoms with Crippen molar-refractivity contribution in [1.29, 1.82) is 5.26 Å². The molecule has 0 radical (unpaired) electrons. The number of nitrogens with zero attached hydrogens (tertiary/aromatic N) is 2. The van der Waals surface area contributed by atoms with E-state index in [1.165, 1.54) is 0 Å².